The van der Waals surface area contributed by atoms with Crippen LogP contribution in [0.5, 0.6) is 23.0 Å². The molecule has 0 atom stereocenters. The lowest BCUT2D eigenvalue weighted by atomic mass is 10.1. The first kappa shape index (κ1) is 34.0. The molecule has 6 nitrogen and oxygen atoms in total. The number of phenols is 1. The van der Waals surface area contributed by atoms with Crippen molar-refractivity contribution in [2.75, 3.05) is 0 Å². The summed E-state index contributed by atoms with van der Waals surface area (Å²) in [6, 6.07) is 10.9. The molecule has 3 aromatic rings. The maximum absolute atomic E-state index is 14.1. The van der Waals surface area contributed by atoms with Gasteiger partial charge in [-0.25, -0.2) is 0 Å². The molecule has 9 heteroatoms. The van der Waals surface area contributed by atoms with Crippen LogP contribution in [0.4, 0.5) is 0 Å². The average Bonchev–Trinajstić information content (AvgIpc) is 2.78. The fourth-order valence-corrected chi connectivity index (χ4v) is 6.62. The van der Waals surface area contributed by atoms with E-state index in [9.17, 15) is 9.90 Å². The monoisotopic (exact) mass is 628 g/mol. The number of aromatic hydroxyl groups is 1. The summed E-state index contributed by atoms with van der Waals surface area (Å²) in [5.41, 5.74) is 0.558. The van der Waals surface area contributed by atoms with Crippen molar-refractivity contribution in [3.05, 3.63) is 46.6 Å². The molecule has 1 aromatic heterocycles. The molecule has 0 amide bonds. The Bertz CT molecular complexity index is 1500. The predicted octanol–water partition coefficient (Wildman–Crippen LogP) is 10.3. The van der Waals surface area contributed by atoms with Gasteiger partial charge in [0.2, 0.25) is 22.1 Å². The molecule has 0 saturated heterocycles. The first-order valence-electron chi connectivity index (χ1n) is 14.8. The van der Waals surface area contributed by atoms with E-state index in [-0.39, 0.29) is 37.6 Å². The molecular weight excluding hydrogens is 577 g/mol. The number of hydrogen-bond donors (Lipinski definition) is 1. The van der Waals surface area contributed by atoms with Gasteiger partial charge in [0.25, 0.3) is 8.32 Å². The van der Waals surface area contributed by atoms with Crippen LogP contribution in [0.25, 0.3) is 22.3 Å². The van der Waals surface area contributed by atoms with Gasteiger partial charge in [-0.2, -0.15) is 0 Å². The van der Waals surface area contributed by atoms with Crippen molar-refractivity contribution in [1.29, 1.82) is 0 Å². The molecule has 0 aliphatic carbocycles. The van der Waals surface area contributed by atoms with E-state index in [4.69, 9.17) is 17.7 Å². The molecule has 232 valence electrons. The summed E-state index contributed by atoms with van der Waals surface area (Å²) in [6.07, 6.45) is 0. The summed E-state index contributed by atoms with van der Waals surface area (Å²) < 4.78 is 26.1. The van der Waals surface area contributed by atoms with Crippen LogP contribution in [0.3, 0.4) is 0 Å². The van der Waals surface area contributed by atoms with Crippen molar-refractivity contribution < 1.29 is 22.8 Å². The second-order valence-corrected chi connectivity index (χ2v) is 30.2. The third-order valence-corrected chi connectivity index (χ3v) is 22.6. The second kappa shape index (κ2) is 10.9. The average molecular weight is 629 g/mol. The summed E-state index contributed by atoms with van der Waals surface area (Å²) in [6.45, 7) is 32.3. The van der Waals surface area contributed by atoms with Crippen molar-refractivity contribution in [2.24, 2.45) is 0 Å². The van der Waals surface area contributed by atoms with Crippen LogP contribution < -0.4 is 18.7 Å². The fourth-order valence-electron chi connectivity index (χ4n) is 3.58. The number of hydrogen-bond acceptors (Lipinski definition) is 6. The highest BCUT2D eigenvalue weighted by Crippen LogP contribution is 2.44. The molecule has 1 N–H and O–H groups in total. The molecule has 2 aromatic carbocycles. The quantitative estimate of drug-likeness (QED) is 0.262. The van der Waals surface area contributed by atoms with E-state index in [0.29, 0.717) is 17.1 Å². The van der Waals surface area contributed by atoms with Crippen LogP contribution >= 0.6 is 0 Å². The Kier molecular flexibility index (Phi) is 8.82. The largest absolute Gasteiger partial charge is 0.544 e. The van der Waals surface area contributed by atoms with Crippen LogP contribution in [0.2, 0.25) is 54.4 Å². The third kappa shape index (κ3) is 6.83. The molecule has 0 aliphatic heterocycles. The second-order valence-electron chi connectivity index (χ2n) is 16.0. The lowest BCUT2D eigenvalue weighted by Gasteiger charge is -2.37. The Labute approximate surface area is 255 Å². The minimum Gasteiger partial charge on any atom is -0.544 e. The van der Waals surface area contributed by atoms with E-state index in [1.807, 2.05) is 24.3 Å². The zero-order valence-electron chi connectivity index (χ0n) is 28.5. The maximum atomic E-state index is 14.1. The van der Waals surface area contributed by atoms with E-state index in [1.54, 1.807) is 6.07 Å². The van der Waals surface area contributed by atoms with Crippen LogP contribution in [0.1, 0.15) is 62.3 Å². The first-order valence-corrected chi connectivity index (χ1v) is 23.5. The van der Waals surface area contributed by atoms with Crippen molar-refractivity contribution >= 4 is 35.9 Å². The fraction of sp³-hybridized carbons (Fsp3) is 0.545. The number of phenolic OH excluding ortho intramolecular Hbond substituents is 1. The van der Waals surface area contributed by atoms with E-state index < -0.39 is 30.4 Å². The highest BCUT2D eigenvalue weighted by molar-refractivity contribution is 6.75. The number of fused-ring (bicyclic) bond motifs is 1. The summed E-state index contributed by atoms with van der Waals surface area (Å²) in [7, 11) is -6.69. The molecule has 0 saturated carbocycles. The Balaban J connectivity index is 2.24. The maximum Gasteiger partial charge on any atom is 0.250 e. The van der Waals surface area contributed by atoms with Gasteiger partial charge >= 0.3 is 0 Å². The van der Waals surface area contributed by atoms with Gasteiger partial charge in [-0.1, -0.05) is 62.3 Å². The molecule has 1 heterocycles. The van der Waals surface area contributed by atoms with Gasteiger partial charge in [0, 0.05) is 17.7 Å². The molecular formula is C33H52O6Si3. The minimum absolute atomic E-state index is 0.0430. The number of rotatable bonds is 7. The van der Waals surface area contributed by atoms with E-state index in [1.165, 1.54) is 6.07 Å². The van der Waals surface area contributed by atoms with Crippen LogP contribution in [0.15, 0.2) is 45.6 Å². The van der Waals surface area contributed by atoms with Crippen LogP contribution in [-0.4, -0.2) is 30.1 Å². The molecule has 0 radical (unpaired) electrons. The van der Waals surface area contributed by atoms with Gasteiger partial charge in [-0.3, -0.25) is 4.79 Å². The van der Waals surface area contributed by atoms with Gasteiger partial charge in [0.1, 0.15) is 28.2 Å². The highest BCUT2D eigenvalue weighted by atomic mass is 28.4. The van der Waals surface area contributed by atoms with Gasteiger partial charge in [-0.15, -0.1) is 0 Å². The standard InChI is InChI=1S/C33H52O6Si3/c1-31(2,3)40(10,11)37-23-18-16-22(17-19-23)29-30(39-42(14,15)33(7,8)9)28(35)27-25(34)20-24(21-26(27)36-29)38-41(12,13)32(4,5)6/h16-21,34H,1-15H3. The van der Waals surface area contributed by atoms with Gasteiger partial charge < -0.3 is 22.8 Å². The third-order valence-electron chi connectivity index (χ3n) is 9.54. The molecule has 42 heavy (non-hydrogen) atoms. The van der Waals surface area contributed by atoms with E-state index in [2.05, 4.69) is 102 Å². The minimum atomic E-state index is -2.45. The van der Waals surface area contributed by atoms with Crippen molar-refractivity contribution in [3.63, 3.8) is 0 Å². The Morgan fingerprint density at radius 3 is 1.52 bits per heavy atom. The Hall–Kier alpha value is -2.50. The van der Waals surface area contributed by atoms with E-state index in [0.717, 1.165) is 5.75 Å². The summed E-state index contributed by atoms with van der Waals surface area (Å²) in [5.74, 6) is 1.54. The Morgan fingerprint density at radius 1 is 0.643 bits per heavy atom. The zero-order chi connectivity index (χ0) is 32.3. The molecule has 0 spiro atoms. The van der Waals surface area contributed by atoms with Gasteiger partial charge in [0.05, 0.1) is 0 Å². The lowest BCUT2D eigenvalue weighted by Crippen LogP contribution is -2.45. The first-order chi connectivity index (χ1) is 18.8. The van der Waals surface area contributed by atoms with Gasteiger partial charge in [-0.05, 0) is 78.7 Å². The van der Waals surface area contributed by atoms with Crippen molar-refractivity contribution in [2.45, 2.75) is 117 Å². The highest BCUT2D eigenvalue weighted by Gasteiger charge is 2.42. The van der Waals surface area contributed by atoms with Crippen LogP contribution in [-0.2, 0) is 0 Å². The van der Waals surface area contributed by atoms with Crippen LogP contribution in [0, 0.1) is 0 Å². The van der Waals surface area contributed by atoms with E-state index >= 15 is 0 Å². The molecule has 0 unspecified atom stereocenters. The predicted molar refractivity (Wildman–Crippen MR) is 183 cm³/mol. The summed E-state index contributed by atoms with van der Waals surface area (Å²) in [5, 5.41) is 11.1. The molecule has 0 bridgehead atoms. The normalized spacial score (nSPS) is 13.8. The topological polar surface area (TPSA) is 78.1 Å². The number of benzene rings is 2. The summed E-state index contributed by atoms with van der Waals surface area (Å²) in [4.78, 5) is 14.1. The molecule has 0 fully saturated rings. The molecule has 3 rings (SSSR count). The lowest BCUT2D eigenvalue weighted by molar-refractivity contribution is 0.456. The summed E-state index contributed by atoms with van der Waals surface area (Å²) >= 11 is 0. The smallest absolute Gasteiger partial charge is 0.250 e. The molecule has 0 aliphatic rings. The zero-order valence-corrected chi connectivity index (χ0v) is 31.5. The Morgan fingerprint density at radius 2 is 1.07 bits per heavy atom. The van der Waals surface area contributed by atoms with Gasteiger partial charge in [0.15, 0.2) is 11.5 Å². The van der Waals surface area contributed by atoms with Crippen molar-refractivity contribution in [1.82, 2.24) is 0 Å². The SMILES string of the molecule is CC(C)(C)[Si](C)(C)Oc1ccc(-c2oc3cc(O[Si](C)(C)C(C)(C)C)cc(O)c3c(=O)c2O[Si](C)(C)C(C)(C)C)cc1. The van der Waals surface area contributed by atoms with Crippen molar-refractivity contribution in [3.8, 4) is 34.3 Å².